The maximum atomic E-state index is 13.7. The summed E-state index contributed by atoms with van der Waals surface area (Å²) in [5, 5.41) is 39.5. The largest absolute Gasteiger partial charge is 0.400 e. The summed E-state index contributed by atoms with van der Waals surface area (Å²) in [5.74, 6) is -1.80. The molecule has 4 aromatic carbocycles. The van der Waals surface area contributed by atoms with Crippen LogP contribution < -0.4 is 9.08 Å². The first-order valence-electron chi connectivity index (χ1n) is 16.0. The second-order valence-electron chi connectivity index (χ2n) is 12.3. The van der Waals surface area contributed by atoms with Crippen LogP contribution in [0, 0.1) is 17.6 Å². The van der Waals surface area contributed by atoms with Crippen LogP contribution in [0.2, 0.25) is 0 Å². The molecule has 2 heterocycles. The highest BCUT2D eigenvalue weighted by Gasteiger charge is 2.48. The fourth-order valence-electron chi connectivity index (χ4n) is 6.34. The minimum Gasteiger partial charge on any atom is -0.400 e. The first-order valence-corrected chi connectivity index (χ1v) is 17.2. The second kappa shape index (κ2) is 15.3. The predicted molar refractivity (Wildman–Crippen MR) is 179 cm³/mol. The Hall–Kier alpha value is -4.37. The number of benzene rings is 4. The van der Waals surface area contributed by atoms with Gasteiger partial charge >= 0.3 is 0 Å². The highest BCUT2D eigenvalue weighted by atomic mass is 32.2. The number of carbonyl (C=O) groups is 2. The summed E-state index contributed by atoms with van der Waals surface area (Å²) in [6, 6.07) is 24.8. The van der Waals surface area contributed by atoms with Crippen molar-refractivity contribution >= 4 is 28.5 Å². The van der Waals surface area contributed by atoms with E-state index in [1.807, 2.05) is 24.3 Å². The van der Waals surface area contributed by atoms with Crippen molar-refractivity contribution in [2.45, 2.75) is 49.4 Å². The molecule has 2 aliphatic heterocycles. The standard InChI is InChI=1S/C37H35F2NO9S/c38-25-9-5-23(6-10-25)30(42)18-17-29-33(40(37(29)46)27-13-11-26(39)12-14-27)24-3-1-21(2-4-24)22-7-15-28(16-8-22)49-50(47)20-32-35(44)36(45)34(43)31(19-41)48-32/h1-16,29,31-36,41,43-45H,17-20H2/t29-,31-,32?,33-,34-,35+,36+,50?/m1/s1. The molecule has 13 heteroatoms. The molecule has 0 radical (unpaired) electrons. The van der Waals surface area contributed by atoms with Crippen LogP contribution in [0.3, 0.4) is 0 Å². The number of Topliss-reactive ketones (excluding diaryl/α,β-unsaturated/α-hetero) is 1. The molecular formula is C37H35F2NO9S. The van der Waals surface area contributed by atoms with Crippen LogP contribution >= 0.6 is 0 Å². The topological polar surface area (TPSA) is 154 Å². The van der Waals surface area contributed by atoms with Crippen molar-refractivity contribution in [2.24, 2.45) is 5.92 Å². The summed E-state index contributed by atoms with van der Waals surface area (Å²) < 4.78 is 50.6. The lowest BCUT2D eigenvalue weighted by Crippen LogP contribution is -2.59. The van der Waals surface area contributed by atoms with Crippen molar-refractivity contribution in [1.82, 2.24) is 0 Å². The van der Waals surface area contributed by atoms with E-state index < -0.39 is 71.8 Å². The van der Waals surface area contributed by atoms with Gasteiger partial charge in [-0.25, -0.2) is 13.0 Å². The number of amides is 1. The molecule has 0 bridgehead atoms. The minimum absolute atomic E-state index is 0.0929. The van der Waals surface area contributed by atoms with E-state index in [1.165, 1.54) is 48.5 Å². The number of ether oxygens (including phenoxy) is 1. The number of hydrogen-bond donors (Lipinski definition) is 4. The Bertz CT molecular complexity index is 1820. The summed E-state index contributed by atoms with van der Waals surface area (Å²) in [6.07, 6.45) is -6.49. The Morgan fingerprint density at radius 2 is 1.34 bits per heavy atom. The van der Waals surface area contributed by atoms with E-state index in [4.69, 9.17) is 8.92 Å². The minimum atomic E-state index is -1.98. The van der Waals surface area contributed by atoms with Gasteiger partial charge in [-0.2, -0.15) is 0 Å². The first-order chi connectivity index (χ1) is 24.0. The molecule has 2 unspecified atom stereocenters. The highest BCUT2D eigenvalue weighted by molar-refractivity contribution is 7.80. The molecule has 4 aromatic rings. The van der Waals surface area contributed by atoms with E-state index in [-0.39, 0.29) is 36.0 Å². The number of halogens is 2. The van der Waals surface area contributed by atoms with Gasteiger partial charge in [0.15, 0.2) is 5.78 Å². The number of ketones is 1. The van der Waals surface area contributed by atoms with Gasteiger partial charge in [-0.05, 0) is 83.8 Å². The van der Waals surface area contributed by atoms with Crippen LogP contribution in [-0.4, -0.2) is 79.2 Å². The summed E-state index contributed by atoms with van der Waals surface area (Å²) >= 11 is -1.98. The molecule has 4 N–H and O–H groups in total. The lowest BCUT2D eigenvalue weighted by molar-refractivity contribution is -0.223. The number of carbonyl (C=O) groups excluding carboxylic acids is 2. The van der Waals surface area contributed by atoms with Gasteiger partial charge in [0, 0.05) is 17.7 Å². The van der Waals surface area contributed by atoms with Gasteiger partial charge < -0.3 is 34.2 Å². The second-order valence-corrected chi connectivity index (χ2v) is 13.4. The van der Waals surface area contributed by atoms with Crippen LogP contribution in [0.1, 0.15) is 34.8 Å². The van der Waals surface area contributed by atoms with Gasteiger partial charge in [0.1, 0.15) is 47.9 Å². The van der Waals surface area contributed by atoms with E-state index in [9.17, 15) is 43.0 Å². The lowest BCUT2D eigenvalue weighted by Gasteiger charge is -2.47. The molecule has 2 saturated heterocycles. The van der Waals surface area contributed by atoms with Crippen molar-refractivity contribution in [3.05, 3.63) is 120 Å². The van der Waals surface area contributed by atoms with Crippen LogP contribution in [0.4, 0.5) is 14.5 Å². The summed E-state index contributed by atoms with van der Waals surface area (Å²) in [4.78, 5) is 27.8. The highest BCUT2D eigenvalue weighted by Crippen LogP contribution is 2.46. The molecule has 6 rings (SSSR count). The summed E-state index contributed by atoms with van der Waals surface area (Å²) in [7, 11) is 0. The van der Waals surface area contributed by atoms with Crippen molar-refractivity contribution < 1.29 is 51.9 Å². The first kappa shape index (κ1) is 35.5. The monoisotopic (exact) mass is 707 g/mol. The zero-order valence-electron chi connectivity index (χ0n) is 26.5. The number of β-lactam (4-membered cyclic amide) rings is 1. The quantitative estimate of drug-likeness (QED) is 0.127. The van der Waals surface area contributed by atoms with Crippen molar-refractivity contribution in [2.75, 3.05) is 17.3 Å². The fourth-order valence-corrected chi connectivity index (χ4v) is 7.27. The zero-order chi connectivity index (χ0) is 35.5. The third-order valence-electron chi connectivity index (χ3n) is 9.09. The van der Waals surface area contributed by atoms with Gasteiger partial charge in [-0.15, -0.1) is 0 Å². The smallest absolute Gasteiger partial charge is 0.233 e. The average molecular weight is 708 g/mol. The Morgan fingerprint density at radius 3 is 1.94 bits per heavy atom. The molecular weight excluding hydrogens is 672 g/mol. The normalized spacial score (nSPS) is 25.5. The van der Waals surface area contributed by atoms with E-state index in [2.05, 4.69) is 0 Å². The third kappa shape index (κ3) is 7.53. The van der Waals surface area contributed by atoms with E-state index in [0.717, 1.165) is 16.7 Å². The zero-order valence-corrected chi connectivity index (χ0v) is 27.4. The van der Waals surface area contributed by atoms with Crippen LogP contribution in [0.15, 0.2) is 97.1 Å². The van der Waals surface area contributed by atoms with Gasteiger partial charge in [0.2, 0.25) is 17.0 Å². The molecule has 10 nitrogen and oxygen atoms in total. The molecule has 0 aromatic heterocycles. The predicted octanol–water partition coefficient (Wildman–Crippen LogP) is 3.88. The van der Waals surface area contributed by atoms with Gasteiger partial charge in [0.25, 0.3) is 0 Å². The number of aliphatic hydroxyl groups excluding tert-OH is 4. The SMILES string of the molecule is O=C(CC[C@H]1C(=O)N(c2ccc(F)cc2)[C@@H]1c1ccc(-c2ccc(OS(=O)CC3O[C@H](CO)[C@@H](O)[C@H](O)[C@H]3O)cc2)cc1)c1ccc(F)cc1. The number of hydrogen-bond acceptors (Lipinski definition) is 9. The number of anilines is 1. The van der Waals surface area contributed by atoms with Crippen LogP contribution in [-0.2, 0) is 20.6 Å². The van der Waals surface area contributed by atoms with E-state index in [1.54, 1.807) is 29.2 Å². The maximum Gasteiger partial charge on any atom is 0.233 e. The fraction of sp³-hybridized carbons (Fsp3) is 0.297. The molecule has 50 heavy (non-hydrogen) atoms. The molecule has 0 aliphatic carbocycles. The number of rotatable bonds is 12. The van der Waals surface area contributed by atoms with Gasteiger partial charge in [-0.3, -0.25) is 9.59 Å². The molecule has 2 aliphatic rings. The lowest BCUT2D eigenvalue weighted by atomic mass is 9.78. The molecule has 8 atom stereocenters. The average Bonchev–Trinajstić information content (AvgIpc) is 3.12. The van der Waals surface area contributed by atoms with Gasteiger partial charge in [-0.1, -0.05) is 36.4 Å². The molecule has 2 fully saturated rings. The Kier molecular flexibility index (Phi) is 10.8. The number of nitrogens with zero attached hydrogens (tertiary/aromatic N) is 1. The van der Waals surface area contributed by atoms with Crippen LogP contribution in [0.25, 0.3) is 11.1 Å². The molecule has 1 amide bonds. The van der Waals surface area contributed by atoms with E-state index >= 15 is 0 Å². The van der Waals surface area contributed by atoms with Crippen molar-refractivity contribution in [3.63, 3.8) is 0 Å². The Morgan fingerprint density at radius 1 is 0.780 bits per heavy atom. The molecule has 262 valence electrons. The molecule has 0 saturated carbocycles. The molecule has 0 spiro atoms. The number of aliphatic hydroxyl groups is 4. The summed E-state index contributed by atoms with van der Waals surface area (Å²) in [5.41, 5.74) is 3.37. The summed E-state index contributed by atoms with van der Waals surface area (Å²) in [6.45, 7) is -0.594. The Balaban J connectivity index is 1.13. The Labute approximate surface area is 289 Å². The maximum absolute atomic E-state index is 13.7. The third-order valence-corrected chi connectivity index (χ3v) is 10.1. The van der Waals surface area contributed by atoms with Crippen molar-refractivity contribution in [1.29, 1.82) is 0 Å². The van der Waals surface area contributed by atoms with Crippen LogP contribution in [0.5, 0.6) is 5.75 Å². The van der Waals surface area contributed by atoms with Gasteiger partial charge in [0.05, 0.1) is 24.3 Å². The van der Waals surface area contributed by atoms with E-state index in [0.29, 0.717) is 11.3 Å². The van der Waals surface area contributed by atoms with Crippen molar-refractivity contribution in [3.8, 4) is 16.9 Å².